The molecule has 2 rings (SSSR count). The maximum atomic E-state index is 12.8. The fourth-order valence-corrected chi connectivity index (χ4v) is 4.86. The summed E-state index contributed by atoms with van der Waals surface area (Å²) in [5, 5.41) is 2.78. The van der Waals surface area contributed by atoms with E-state index < -0.39 is 15.9 Å². The van der Waals surface area contributed by atoms with Gasteiger partial charge >= 0.3 is 0 Å². The van der Waals surface area contributed by atoms with Crippen LogP contribution in [0.5, 0.6) is 0 Å². The highest BCUT2D eigenvalue weighted by Gasteiger charge is 2.36. The minimum absolute atomic E-state index is 0.0132. The summed E-state index contributed by atoms with van der Waals surface area (Å²) in [6, 6.07) is 5.84. The Hall–Kier alpha value is -1.41. The first-order valence-corrected chi connectivity index (χ1v) is 10.8. The summed E-state index contributed by atoms with van der Waals surface area (Å²) in [5.74, 6) is -0.616. The number of likely N-dealkylation sites (N-methyl/N-ethyl adjacent to an activating group) is 1. The van der Waals surface area contributed by atoms with E-state index in [2.05, 4.69) is 21.2 Å². The van der Waals surface area contributed by atoms with E-state index in [1.54, 1.807) is 31.3 Å². The molecule has 1 heterocycles. The number of rotatable bonds is 5. The molecule has 1 N–H and O–H groups in total. The first-order chi connectivity index (χ1) is 11.6. The van der Waals surface area contributed by atoms with E-state index in [-0.39, 0.29) is 35.3 Å². The van der Waals surface area contributed by atoms with Crippen molar-refractivity contribution in [1.29, 1.82) is 0 Å². The first kappa shape index (κ1) is 19.9. The summed E-state index contributed by atoms with van der Waals surface area (Å²) in [4.78, 5) is 26.7. The molecule has 1 aromatic rings. The van der Waals surface area contributed by atoms with Gasteiger partial charge in [0.15, 0.2) is 9.84 Å². The predicted octanol–water partition coefficient (Wildman–Crippen LogP) is 1.85. The third-order valence-electron chi connectivity index (χ3n) is 4.43. The molecular formula is C17H23BrN2O4S. The molecule has 25 heavy (non-hydrogen) atoms. The third-order valence-corrected chi connectivity index (χ3v) is 6.71. The molecule has 1 fully saturated rings. The number of halogens is 1. The van der Waals surface area contributed by atoms with E-state index >= 15 is 0 Å². The Bertz CT molecular complexity index is 746. The van der Waals surface area contributed by atoms with Gasteiger partial charge in [-0.2, -0.15) is 0 Å². The molecular weight excluding hydrogens is 408 g/mol. The lowest BCUT2D eigenvalue weighted by Crippen LogP contribution is -2.52. The second-order valence-electron chi connectivity index (χ2n) is 6.71. The molecule has 8 heteroatoms. The van der Waals surface area contributed by atoms with Crippen molar-refractivity contribution in [3.63, 3.8) is 0 Å². The van der Waals surface area contributed by atoms with Crippen molar-refractivity contribution >= 4 is 37.6 Å². The van der Waals surface area contributed by atoms with Crippen LogP contribution < -0.4 is 5.32 Å². The van der Waals surface area contributed by atoms with Gasteiger partial charge < -0.3 is 10.2 Å². The SMILES string of the molecule is CC(C)[C@@H](NC(=O)c1ccc(Br)cc1)C(=O)N(C)[C@H]1CCS(=O)(=O)C1. The molecule has 138 valence electrons. The van der Waals surface area contributed by atoms with Crippen LogP contribution in [0.25, 0.3) is 0 Å². The molecule has 2 atom stereocenters. The lowest BCUT2D eigenvalue weighted by Gasteiger charge is -2.30. The Kier molecular flexibility index (Phi) is 6.26. The molecule has 0 aromatic heterocycles. The standard InChI is InChI=1S/C17H23BrN2O4S/c1-11(2)15(19-16(21)12-4-6-13(18)7-5-12)17(22)20(3)14-8-9-25(23,24)10-14/h4-7,11,14-15H,8-10H2,1-3H3,(H,19,21)/t14-,15+/m0/s1. The van der Waals surface area contributed by atoms with Crippen molar-refractivity contribution in [2.45, 2.75) is 32.4 Å². The van der Waals surface area contributed by atoms with Gasteiger partial charge in [-0.1, -0.05) is 29.8 Å². The van der Waals surface area contributed by atoms with Gasteiger partial charge in [-0.3, -0.25) is 9.59 Å². The Morgan fingerprint density at radius 3 is 2.32 bits per heavy atom. The van der Waals surface area contributed by atoms with Crippen molar-refractivity contribution in [1.82, 2.24) is 10.2 Å². The predicted molar refractivity (Wildman–Crippen MR) is 100 cm³/mol. The molecule has 1 aromatic carbocycles. The number of benzene rings is 1. The number of amides is 2. The topological polar surface area (TPSA) is 83.6 Å². The highest BCUT2D eigenvalue weighted by molar-refractivity contribution is 9.10. The second-order valence-corrected chi connectivity index (χ2v) is 9.85. The van der Waals surface area contributed by atoms with Crippen LogP contribution in [0.4, 0.5) is 0 Å². The number of carbonyl (C=O) groups excluding carboxylic acids is 2. The van der Waals surface area contributed by atoms with Gasteiger partial charge in [0.1, 0.15) is 6.04 Å². The molecule has 1 aliphatic heterocycles. The molecule has 0 bridgehead atoms. The van der Waals surface area contributed by atoms with Crippen molar-refractivity contribution in [2.75, 3.05) is 18.6 Å². The third kappa shape index (κ3) is 5.04. The van der Waals surface area contributed by atoms with E-state index in [4.69, 9.17) is 0 Å². The zero-order valence-electron chi connectivity index (χ0n) is 14.5. The van der Waals surface area contributed by atoms with E-state index in [1.807, 2.05) is 13.8 Å². The van der Waals surface area contributed by atoms with Gasteiger partial charge in [-0.05, 0) is 36.6 Å². The number of carbonyl (C=O) groups is 2. The number of hydrogen-bond donors (Lipinski definition) is 1. The van der Waals surface area contributed by atoms with Crippen LogP contribution in [-0.4, -0.2) is 55.8 Å². The Morgan fingerprint density at radius 1 is 1.24 bits per heavy atom. The average Bonchev–Trinajstić information content (AvgIpc) is 2.91. The van der Waals surface area contributed by atoms with Crippen molar-refractivity contribution < 1.29 is 18.0 Å². The van der Waals surface area contributed by atoms with Crippen LogP contribution in [0.3, 0.4) is 0 Å². The minimum atomic E-state index is -3.08. The molecule has 0 radical (unpaired) electrons. The first-order valence-electron chi connectivity index (χ1n) is 8.14. The monoisotopic (exact) mass is 430 g/mol. The number of nitrogens with zero attached hydrogens (tertiary/aromatic N) is 1. The van der Waals surface area contributed by atoms with Crippen LogP contribution in [0, 0.1) is 5.92 Å². The van der Waals surface area contributed by atoms with Gasteiger partial charge in [0, 0.05) is 23.1 Å². The largest absolute Gasteiger partial charge is 0.340 e. The van der Waals surface area contributed by atoms with E-state index in [0.717, 1.165) is 4.47 Å². The smallest absolute Gasteiger partial charge is 0.251 e. The van der Waals surface area contributed by atoms with Crippen molar-refractivity contribution in [2.24, 2.45) is 5.92 Å². The summed E-state index contributed by atoms with van der Waals surface area (Å²) in [5.41, 5.74) is 0.466. The van der Waals surface area contributed by atoms with E-state index in [9.17, 15) is 18.0 Å². The highest BCUT2D eigenvalue weighted by Crippen LogP contribution is 2.19. The number of sulfone groups is 1. The van der Waals surface area contributed by atoms with Gasteiger partial charge in [0.25, 0.3) is 5.91 Å². The zero-order chi connectivity index (χ0) is 18.8. The van der Waals surface area contributed by atoms with Gasteiger partial charge in [-0.15, -0.1) is 0 Å². The molecule has 0 spiro atoms. The van der Waals surface area contributed by atoms with Crippen molar-refractivity contribution in [3.05, 3.63) is 34.3 Å². The molecule has 0 aliphatic carbocycles. The summed E-state index contributed by atoms with van der Waals surface area (Å²) in [6.07, 6.45) is 0.441. The number of nitrogens with one attached hydrogen (secondary N) is 1. The lowest BCUT2D eigenvalue weighted by atomic mass is 10.0. The highest BCUT2D eigenvalue weighted by atomic mass is 79.9. The van der Waals surface area contributed by atoms with Crippen LogP contribution in [0.1, 0.15) is 30.6 Å². The molecule has 1 saturated heterocycles. The Balaban J connectivity index is 2.10. The Labute approximate surface area is 157 Å². The lowest BCUT2D eigenvalue weighted by molar-refractivity contribution is -0.134. The average molecular weight is 431 g/mol. The molecule has 2 amide bonds. The summed E-state index contributed by atoms with van der Waals surface area (Å²) >= 11 is 3.32. The molecule has 0 unspecified atom stereocenters. The van der Waals surface area contributed by atoms with E-state index in [0.29, 0.717) is 12.0 Å². The fraction of sp³-hybridized carbons (Fsp3) is 0.529. The van der Waals surface area contributed by atoms with Crippen LogP contribution in [0.15, 0.2) is 28.7 Å². The van der Waals surface area contributed by atoms with Crippen LogP contribution >= 0.6 is 15.9 Å². The maximum absolute atomic E-state index is 12.8. The summed E-state index contributed by atoms with van der Waals surface area (Å²) in [7, 11) is -1.47. The fourth-order valence-electron chi connectivity index (χ4n) is 2.82. The molecule has 6 nitrogen and oxygen atoms in total. The van der Waals surface area contributed by atoms with Gasteiger partial charge in [0.05, 0.1) is 11.5 Å². The van der Waals surface area contributed by atoms with Crippen molar-refractivity contribution in [3.8, 4) is 0 Å². The second kappa shape index (κ2) is 7.86. The maximum Gasteiger partial charge on any atom is 0.251 e. The summed E-state index contributed by atoms with van der Waals surface area (Å²) in [6.45, 7) is 3.70. The zero-order valence-corrected chi connectivity index (χ0v) is 16.9. The van der Waals surface area contributed by atoms with Gasteiger partial charge in [0.2, 0.25) is 5.91 Å². The molecule has 0 saturated carbocycles. The number of hydrogen-bond acceptors (Lipinski definition) is 4. The molecule has 1 aliphatic rings. The van der Waals surface area contributed by atoms with Gasteiger partial charge in [-0.25, -0.2) is 8.42 Å². The summed E-state index contributed by atoms with van der Waals surface area (Å²) < 4.78 is 24.2. The normalized spacial score (nSPS) is 20.3. The quantitative estimate of drug-likeness (QED) is 0.772. The van der Waals surface area contributed by atoms with Crippen LogP contribution in [0.2, 0.25) is 0 Å². The van der Waals surface area contributed by atoms with Crippen LogP contribution in [-0.2, 0) is 14.6 Å². The Morgan fingerprint density at radius 2 is 1.84 bits per heavy atom. The van der Waals surface area contributed by atoms with E-state index in [1.165, 1.54) is 4.90 Å². The minimum Gasteiger partial charge on any atom is -0.340 e.